The van der Waals surface area contributed by atoms with Crippen molar-refractivity contribution >= 4 is 21.1 Å². The van der Waals surface area contributed by atoms with Gasteiger partial charge in [-0.2, -0.15) is 13.5 Å². The van der Waals surface area contributed by atoms with Gasteiger partial charge in [0.05, 0.1) is 11.8 Å². The monoisotopic (exact) mass is 266 g/mol. The maximum atomic E-state index is 11.2. The highest BCUT2D eigenvalue weighted by molar-refractivity contribution is 7.73. The molecule has 6 nitrogen and oxygen atoms in total. The van der Waals surface area contributed by atoms with Gasteiger partial charge in [-0.15, -0.1) is 0 Å². The van der Waals surface area contributed by atoms with Crippen LogP contribution in [0.25, 0.3) is 0 Å². The lowest BCUT2D eigenvalue weighted by atomic mass is 9.99. The zero-order chi connectivity index (χ0) is 13.3. The summed E-state index contributed by atoms with van der Waals surface area (Å²) in [4.78, 5) is 11.1. The van der Waals surface area contributed by atoms with Gasteiger partial charge >= 0.3 is 5.97 Å². The van der Waals surface area contributed by atoms with Crippen molar-refractivity contribution in [2.24, 2.45) is 0 Å². The molecular formula is C11H10N2O4S. The molecule has 1 unspecified atom stereocenters. The van der Waals surface area contributed by atoms with Gasteiger partial charge in [0.15, 0.2) is 0 Å². The number of aromatic nitrogens is 2. The summed E-state index contributed by atoms with van der Waals surface area (Å²) in [6.45, 7) is 1.79. The van der Waals surface area contributed by atoms with Crippen molar-refractivity contribution in [2.45, 2.75) is 13.0 Å². The van der Waals surface area contributed by atoms with Gasteiger partial charge in [0.25, 0.3) is 0 Å². The Kier molecular flexibility index (Phi) is 3.15. The number of aliphatic carboxylic acids is 1. The summed E-state index contributed by atoms with van der Waals surface area (Å²) in [7, 11) is -2.50. The lowest BCUT2D eigenvalue weighted by Gasteiger charge is -2.19. The van der Waals surface area contributed by atoms with Crippen molar-refractivity contribution in [2.75, 3.05) is 0 Å². The van der Waals surface area contributed by atoms with E-state index in [0.717, 1.165) is 5.56 Å². The highest BCUT2D eigenvalue weighted by Crippen LogP contribution is 2.23. The number of rotatable bonds is 2. The molecule has 94 valence electrons. The molecule has 0 spiro atoms. The van der Waals surface area contributed by atoms with E-state index in [1.807, 2.05) is 0 Å². The Labute approximate surface area is 104 Å². The van der Waals surface area contributed by atoms with E-state index >= 15 is 0 Å². The minimum atomic E-state index is -2.50. The molecule has 1 aromatic rings. The SMILES string of the molecule is Cc1cnn(C2C(C(=O)O)=CC=CC2=S(=O)=O)c1. The van der Waals surface area contributed by atoms with Crippen LogP contribution < -0.4 is 0 Å². The van der Waals surface area contributed by atoms with Crippen LogP contribution in [0, 0.1) is 6.92 Å². The van der Waals surface area contributed by atoms with Gasteiger partial charge in [0.2, 0.25) is 10.3 Å². The summed E-state index contributed by atoms with van der Waals surface area (Å²) in [5, 5.41) is 13.1. The number of carboxylic acid groups (broad SMARTS) is 1. The Morgan fingerprint density at radius 1 is 1.50 bits per heavy atom. The van der Waals surface area contributed by atoms with Gasteiger partial charge in [-0.25, -0.2) is 4.79 Å². The molecule has 18 heavy (non-hydrogen) atoms. The summed E-state index contributed by atoms with van der Waals surface area (Å²) in [6, 6.07) is -0.917. The second kappa shape index (κ2) is 4.61. The molecule has 1 atom stereocenters. The Bertz CT molecular complexity index is 686. The van der Waals surface area contributed by atoms with E-state index in [1.54, 1.807) is 19.3 Å². The number of carboxylic acids is 1. The molecule has 2 rings (SSSR count). The third-order valence-electron chi connectivity index (χ3n) is 2.53. The van der Waals surface area contributed by atoms with Crippen LogP contribution in [0.2, 0.25) is 0 Å². The topological polar surface area (TPSA) is 89.3 Å². The van der Waals surface area contributed by atoms with E-state index in [1.165, 1.54) is 22.9 Å². The molecule has 0 bridgehead atoms. The highest BCUT2D eigenvalue weighted by atomic mass is 32.2. The van der Waals surface area contributed by atoms with Crippen LogP contribution in [0.15, 0.2) is 36.2 Å². The zero-order valence-corrected chi connectivity index (χ0v) is 10.3. The fourth-order valence-electron chi connectivity index (χ4n) is 1.76. The zero-order valence-electron chi connectivity index (χ0n) is 9.44. The summed E-state index contributed by atoms with van der Waals surface area (Å²) < 4.78 is 23.7. The minimum absolute atomic E-state index is 0.0157. The Hall–Kier alpha value is -2.15. The Balaban J connectivity index is 2.63. The van der Waals surface area contributed by atoms with Crippen LogP contribution in [-0.2, 0) is 15.1 Å². The average Bonchev–Trinajstić information content (AvgIpc) is 2.74. The van der Waals surface area contributed by atoms with Crippen LogP contribution in [0.3, 0.4) is 0 Å². The van der Waals surface area contributed by atoms with E-state index < -0.39 is 22.3 Å². The molecule has 1 aliphatic carbocycles. The number of hydrogen-bond donors (Lipinski definition) is 1. The van der Waals surface area contributed by atoms with Gasteiger partial charge < -0.3 is 5.11 Å². The van der Waals surface area contributed by atoms with E-state index in [0.29, 0.717) is 0 Å². The molecule has 1 aromatic heterocycles. The number of allylic oxidation sites excluding steroid dienone is 3. The maximum absolute atomic E-state index is 11.2. The average molecular weight is 266 g/mol. The number of carbonyl (C=O) groups is 1. The first-order valence-corrected chi connectivity index (χ1v) is 6.16. The number of aryl methyl sites for hydroxylation is 1. The summed E-state index contributed by atoms with van der Waals surface area (Å²) in [5.74, 6) is -1.17. The standard InChI is InChI=1S/C11H10N2O4S/c1-7-5-12-13(6-7)10-8(11(14)15)3-2-4-9(10)18(16)17/h2-6,10H,1H3,(H,14,15). The van der Waals surface area contributed by atoms with Crippen LogP contribution in [-0.4, -0.2) is 34.1 Å². The predicted octanol–water partition coefficient (Wildman–Crippen LogP) is 0.365. The molecule has 1 N–H and O–H groups in total. The molecule has 7 heteroatoms. The molecule has 0 fully saturated rings. The minimum Gasteiger partial charge on any atom is -0.478 e. The van der Waals surface area contributed by atoms with Crippen LogP contribution in [0.4, 0.5) is 0 Å². The third kappa shape index (κ3) is 2.12. The van der Waals surface area contributed by atoms with Gasteiger partial charge in [0, 0.05) is 6.20 Å². The molecule has 0 radical (unpaired) electrons. The van der Waals surface area contributed by atoms with Gasteiger partial charge in [-0.05, 0) is 24.6 Å². The van der Waals surface area contributed by atoms with Crippen LogP contribution >= 0.6 is 0 Å². The van der Waals surface area contributed by atoms with Crippen molar-refractivity contribution in [3.05, 3.63) is 41.8 Å². The van der Waals surface area contributed by atoms with E-state index in [-0.39, 0.29) is 10.4 Å². The largest absolute Gasteiger partial charge is 0.478 e. The molecule has 0 aromatic carbocycles. The van der Waals surface area contributed by atoms with Gasteiger partial charge in [0.1, 0.15) is 10.9 Å². The van der Waals surface area contributed by atoms with Crippen LogP contribution in [0.1, 0.15) is 11.6 Å². The second-order valence-corrected chi connectivity index (χ2v) is 4.76. The summed E-state index contributed by atoms with van der Waals surface area (Å²) in [5.41, 5.74) is 0.796. The smallest absolute Gasteiger partial charge is 0.334 e. The second-order valence-electron chi connectivity index (χ2n) is 3.82. The first kappa shape index (κ1) is 12.3. The normalized spacial score (nSPS) is 18.6. The lowest BCUT2D eigenvalue weighted by molar-refractivity contribution is -0.133. The number of hydrogen-bond acceptors (Lipinski definition) is 4. The van der Waals surface area contributed by atoms with Gasteiger partial charge in [-0.3, -0.25) is 4.68 Å². The third-order valence-corrected chi connectivity index (χ3v) is 3.28. The van der Waals surface area contributed by atoms with Crippen molar-refractivity contribution in [3.8, 4) is 0 Å². The summed E-state index contributed by atoms with van der Waals surface area (Å²) in [6.07, 6.45) is 7.30. The Morgan fingerprint density at radius 3 is 2.72 bits per heavy atom. The van der Waals surface area contributed by atoms with E-state index in [9.17, 15) is 13.2 Å². The summed E-state index contributed by atoms with van der Waals surface area (Å²) >= 11 is 0. The predicted molar refractivity (Wildman–Crippen MR) is 64.8 cm³/mol. The molecule has 0 amide bonds. The van der Waals surface area contributed by atoms with E-state index in [2.05, 4.69) is 5.10 Å². The van der Waals surface area contributed by atoms with Crippen molar-refractivity contribution < 1.29 is 18.3 Å². The molecule has 0 saturated heterocycles. The highest BCUT2D eigenvalue weighted by Gasteiger charge is 2.29. The lowest BCUT2D eigenvalue weighted by Crippen LogP contribution is -2.27. The maximum Gasteiger partial charge on any atom is 0.334 e. The van der Waals surface area contributed by atoms with Crippen molar-refractivity contribution in [1.82, 2.24) is 9.78 Å². The first-order valence-electron chi connectivity index (χ1n) is 5.09. The fourth-order valence-corrected chi connectivity index (χ4v) is 2.37. The quantitative estimate of drug-likeness (QED) is 0.781. The first-order chi connectivity index (χ1) is 8.50. The molecule has 1 heterocycles. The molecule has 0 saturated carbocycles. The van der Waals surface area contributed by atoms with Crippen LogP contribution in [0.5, 0.6) is 0 Å². The fraction of sp³-hybridized carbons (Fsp3) is 0.182. The van der Waals surface area contributed by atoms with Crippen molar-refractivity contribution in [3.63, 3.8) is 0 Å². The van der Waals surface area contributed by atoms with Gasteiger partial charge in [-0.1, -0.05) is 6.08 Å². The van der Waals surface area contributed by atoms with Crippen molar-refractivity contribution in [1.29, 1.82) is 0 Å². The Morgan fingerprint density at radius 2 is 2.22 bits per heavy atom. The molecule has 0 aliphatic heterocycles. The number of nitrogens with zero attached hydrogens (tertiary/aromatic N) is 2. The molecular weight excluding hydrogens is 256 g/mol. The van der Waals surface area contributed by atoms with E-state index in [4.69, 9.17) is 5.11 Å². The molecule has 1 aliphatic rings.